The molecule has 6 heteroatoms. The molecule has 0 fully saturated rings. The van der Waals surface area contributed by atoms with Crippen molar-refractivity contribution in [2.75, 3.05) is 17.7 Å². The van der Waals surface area contributed by atoms with Crippen molar-refractivity contribution in [3.05, 3.63) is 99.2 Å². The number of nitrogens with one attached hydrogen (secondary N) is 2. The van der Waals surface area contributed by atoms with E-state index in [1.165, 1.54) is 0 Å². The Kier molecular flexibility index (Phi) is 5.58. The van der Waals surface area contributed by atoms with Gasteiger partial charge < -0.3 is 15.4 Å². The zero-order valence-corrected chi connectivity index (χ0v) is 19.0. The number of methoxy groups -OCH3 is 1. The van der Waals surface area contributed by atoms with E-state index >= 15 is 0 Å². The van der Waals surface area contributed by atoms with Crippen molar-refractivity contribution in [1.29, 1.82) is 0 Å². The fourth-order valence-electron chi connectivity index (χ4n) is 4.54. The fourth-order valence-corrected chi connectivity index (χ4v) is 4.84. The standard InChI is InChI=1S/C26H22Cl2N2O2/c1-32-20-9-4-16(5-10-20)26-25-23(29-22-14-19(28)8-11-21(22)30-26)12-17(13-24(25)31)15-2-6-18(27)7-3-15/h2-11,14,17,26,29-30H,12-13H2,1H3/t17-,26+/m1/s1. The summed E-state index contributed by atoms with van der Waals surface area (Å²) < 4.78 is 5.31. The molecule has 0 unspecified atom stereocenters. The highest BCUT2D eigenvalue weighted by atomic mass is 35.5. The Bertz CT molecular complexity index is 1200. The number of carbonyl (C=O) groups excluding carboxylic acids is 1. The van der Waals surface area contributed by atoms with Gasteiger partial charge in [-0.05, 0) is 65.9 Å². The lowest BCUT2D eigenvalue weighted by Gasteiger charge is -2.30. The molecule has 0 radical (unpaired) electrons. The summed E-state index contributed by atoms with van der Waals surface area (Å²) in [6.07, 6.45) is 1.18. The molecule has 2 N–H and O–H groups in total. The molecule has 0 spiro atoms. The van der Waals surface area contributed by atoms with Gasteiger partial charge in [0.05, 0.1) is 24.5 Å². The van der Waals surface area contributed by atoms with Crippen molar-refractivity contribution in [3.63, 3.8) is 0 Å². The lowest BCUT2D eigenvalue weighted by Crippen LogP contribution is -2.26. The van der Waals surface area contributed by atoms with Crippen molar-refractivity contribution in [2.45, 2.75) is 24.8 Å². The average Bonchev–Trinajstić information content (AvgIpc) is 2.96. The van der Waals surface area contributed by atoms with Gasteiger partial charge in [-0.1, -0.05) is 47.5 Å². The third kappa shape index (κ3) is 3.96. The van der Waals surface area contributed by atoms with Crippen molar-refractivity contribution < 1.29 is 9.53 Å². The number of carbonyl (C=O) groups is 1. The minimum Gasteiger partial charge on any atom is -0.497 e. The maximum atomic E-state index is 13.5. The van der Waals surface area contributed by atoms with Crippen LogP contribution in [0.3, 0.4) is 0 Å². The first kappa shape index (κ1) is 20.9. The van der Waals surface area contributed by atoms with E-state index in [-0.39, 0.29) is 17.7 Å². The maximum absolute atomic E-state index is 13.5. The average molecular weight is 465 g/mol. The van der Waals surface area contributed by atoms with E-state index in [1.807, 2.05) is 66.7 Å². The highest BCUT2D eigenvalue weighted by Gasteiger charge is 2.36. The molecule has 2 aliphatic rings. The van der Waals surface area contributed by atoms with Crippen molar-refractivity contribution >= 4 is 40.4 Å². The van der Waals surface area contributed by atoms with Crippen LogP contribution in [0.5, 0.6) is 5.75 Å². The molecule has 0 aromatic heterocycles. The Hall–Kier alpha value is -2.95. The first-order valence-corrected chi connectivity index (χ1v) is 11.3. The number of halogens is 2. The third-order valence-electron chi connectivity index (χ3n) is 6.15. The van der Waals surface area contributed by atoms with Crippen LogP contribution in [0.15, 0.2) is 78.0 Å². The van der Waals surface area contributed by atoms with Gasteiger partial charge in [-0.3, -0.25) is 4.79 Å². The van der Waals surface area contributed by atoms with Crippen LogP contribution in [0.4, 0.5) is 11.4 Å². The van der Waals surface area contributed by atoms with Crippen molar-refractivity contribution in [2.24, 2.45) is 0 Å². The normalized spacial score (nSPS) is 19.9. The summed E-state index contributed by atoms with van der Waals surface area (Å²) in [4.78, 5) is 13.5. The molecule has 162 valence electrons. The first-order chi connectivity index (χ1) is 15.5. The monoisotopic (exact) mass is 464 g/mol. The zero-order valence-electron chi connectivity index (χ0n) is 17.5. The molecule has 3 aromatic rings. The smallest absolute Gasteiger partial charge is 0.163 e. The van der Waals surface area contributed by atoms with Crippen LogP contribution >= 0.6 is 23.2 Å². The van der Waals surface area contributed by atoms with Crippen LogP contribution in [-0.2, 0) is 4.79 Å². The Morgan fingerprint density at radius 1 is 0.844 bits per heavy atom. The van der Waals surface area contributed by atoms with Crippen LogP contribution in [0.1, 0.15) is 35.9 Å². The van der Waals surface area contributed by atoms with Crippen LogP contribution in [-0.4, -0.2) is 12.9 Å². The molecular formula is C26H22Cl2N2O2. The summed E-state index contributed by atoms with van der Waals surface area (Å²) in [7, 11) is 1.64. The molecule has 1 aliphatic carbocycles. The first-order valence-electron chi connectivity index (χ1n) is 10.5. The lowest BCUT2D eigenvalue weighted by molar-refractivity contribution is -0.116. The molecule has 4 nitrogen and oxygen atoms in total. The summed E-state index contributed by atoms with van der Waals surface area (Å²) in [5.41, 5.74) is 5.58. The molecule has 1 heterocycles. The van der Waals surface area contributed by atoms with Gasteiger partial charge in [-0.25, -0.2) is 0 Å². The number of allylic oxidation sites excluding steroid dienone is 1. The second kappa shape index (κ2) is 8.53. The molecular weight excluding hydrogens is 443 g/mol. The van der Waals surface area contributed by atoms with Gasteiger partial charge in [0.25, 0.3) is 0 Å². The number of anilines is 2. The van der Waals surface area contributed by atoms with Gasteiger partial charge in [-0.15, -0.1) is 0 Å². The van der Waals surface area contributed by atoms with E-state index in [0.717, 1.165) is 45.9 Å². The number of rotatable bonds is 3. The number of ketones is 1. The zero-order chi connectivity index (χ0) is 22.2. The molecule has 0 saturated heterocycles. The predicted molar refractivity (Wildman–Crippen MR) is 130 cm³/mol. The molecule has 2 atom stereocenters. The Morgan fingerprint density at radius 2 is 1.53 bits per heavy atom. The molecule has 5 rings (SSSR count). The quantitative estimate of drug-likeness (QED) is 0.438. The fraction of sp³-hybridized carbons (Fsp3) is 0.192. The van der Waals surface area contributed by atoms with Gasteiger partial charge >= 0.3 is 0 Å². The number of fused-ring (bicyclic) bond motifs is 1. The summed E-state index contributed by atoms with van der Waals surface area (Å²) in [6, 6.07) is 21.0. The van der Waals surface area contributed by atoms with Crippen molar-refractivity contribution in [3.8, 4) is 5.75 Å². The van der Waals surface area contributed by atoms with E-state index < -0.39 is 0 Å². The molecule has 0 bridgehead atoms. The Labute approximate surface area is 197 Å². The Morgan fingerprint density at radius 3 is 2.25 bits per heavy atom. The summed E-state index contributed by atoms with van der Waals surface area (Å²) in [5, 5.41) is 8.43. The molecule has 0 saturated carbocycles. The van der Waals surface area contributed by atoms with E-state index in [2.05, 4.69) is 10.6 Å². The number of benzene rings is 3. The summed E-state index contributed by atoms with van der Waals surface area (Å²) in [6.45, 7) is 0. The second-order valence-corrected chi connectivity index (χ2v) is 9.01. The van der Waals surface area contributed by atoms with Crippen LogP contribution < -0.4 is 15.4 Å². The van der Waals surface area contributed by atoms with Crippen LogP contribution in [0, 0.1) is 0 Å². The largest absolute Gasteiger partial charge is 0.497 e. The van der Waals surface area contributed by atoms with Gasteiger partial charge in [-0.2, -0.15) is 0 Å². The topological polar surface area (TPSA) is 50.4 Å². The van der Waals surface area contributed by atoms with Crippen LogP contribution in [0.25, 0.3) is 0 Å². The number of hydrogen-bond acceptors (Lipinski definition) is 4. The third-order valence-corrected chi connectivity index (χ3v) is 6.64. The van der Waals surface area contributed by atoms with E-state index in [1.54, 1.807) is 7.11 Å². The SMILES string of the molecule is COc1ccc([C@@H]2Nc3ccc(Cl)cc3NC3=C2C(=O)C[C@H](c2ccc(Cl)cc2)C3)cc1. The van der Waals surface area contributed by atoms with Crippen molar-refractivity contribution in [1.82, 2.24) is 0 Å². The minimum atomic E-state index is -0.274. The Balaban J connectivity index is 1.60. The highest BCUT2D eigenvalue weighted by Crippen LogP contribution is 2.45. The molecule has 32 heavy (non-hydrogen) atoms. The minimum absolute atomic E-state index is 0.0864. The van der Waals surface area contributed by atoms with E-state index in [0.29, 0.717) is 16.5 Å². The predicted octanol–water partition coefficient (Wildman–Crippen LogP) is 6.98. The highest BCUT2D eigenvalue weighted by molar-refractivity contribution is 6.31. The molecule has 0 amide bonds. The van der Waals surface area contributed by atoms with E-state index in [4.69, 9.17) is 27.9 Å². The second-order valence-electron chi connectivity index (χ2n) is 8.14. The molecule has 3 aromatic carbocycles. The number of ether oxygens (including phenoxy) is 1. The molecule has 1 aliphatic heterocycles. The summed E-state index contributed by atoms with van der Waals surface area (Å²) in [5.74, 6) is 0.994. The van der Waals surface area contributed by atoms with Gasteiger partial charge in [0.2, 0.25) is 0 Å². The number of Topliss-reactive ketones (excluding diaryl/α,β-unsaturated/α-hetero) is 1. The maximum Gasteiger partial charge on any atom is 0.163 e. The van der Waals surface area contributed by atoms with E-state index in [9.17, 15) is 4.79 Å². The van der Waals surface area contributed by atoms with Gasteiger partial charge in [0.1, 0.15) is 5.75 Å². The van der Waals surface area contributed by atoms with Gasteiger partial charge in [0, 0.05) is 27.7 Å². The lowest BCUT2D eigenvalue weighted by atomic mass is 9.78. The van der Waals surface area contributed by atoms with Gasteiger partial charge in [0.15, 0.2) is 5.78 Å². The number of hydrogen-bond donors (Lipinski definition) is 2. The summed E-state index contributed by atoms with van der Waals surface area (Å²) >= 11 is 12.4. The van der Waals surface area contributed by atoms with Crippen LogP contribution in [0.2, 0.25) is 10.0 Å².